The molecule has 4 nitrogen and oxygen atoms in total. The molecule has 1 heterocycles. The molecule has 1 aromatic carbocycles. The second kappa shape index (κ2) is 4.79. The largest absolute Gasteiger partial charge is 0.461 e. The zero-order valence-corrected chi connectivity index (χ0v) is 9.14. The molecule has 4 heteroatoms. The molecule has 16 heavy (non-hydrogen) atoms. The summed E-state index contributed by atoms with van der Waals surface area (Å²) >= 11 is 0. The first-order chi connectivity index (χ1) is 7.83. The fourth-order valence-electron chi connectivity index (χ4n) is 1.75. The third-order valence-electron chi connectivity index (χ3n) is 2.51. The molecule has 1 atom stereocenters. The summed E-state index contributed by atoms with van der Waals surface area (Å²) in [7, 11) is 0. The maximum atomic E-state index is 11.6. The van der Waals surface area contributed by atoms with Crippen LogP contribution in [-0.2, 0) is 9.53 Å². The first kappa shape index (κ1) is 10.7. The van der Waals surface area contributed by atoms with Crippen molar-refractivity contribution in [1.29, 1.82) is 0 Å². The number of carbonyl (C=O) groups is 1. The van der Waals surface area contributed by atoms with Crippen LogP contribution in [0.1, 0.15) is 18.4 Å². The lowest BCUT2D eigenvalue weighted by Crippen LogP contribution is -2.23. The Hall–Kier alpha value is -1.84. The van der Waals surface area contributed by atoms with Crippen molar-refractivity contribution in [3.05, 3.63) is 35.9 Å². The predicted molar refractivity (Wildman–Crippen MR) is 61.3 cm³/mol. The van der Waals surface area contributed by atoms with E-state index in [2.05, 4.69) is 10.5 Å². The smallest absolute Gasteiger partial charge is 0.355 e. The Morgan fingerprint density at radius 2 is 2.25 bits per heavy atom. The van der Waals surface area contributed by atoms with Crippen molar-refractivity contribution in [2.24, 2.45) is 5.10 Å². The van der Waals surface area contributed by atoms with Crippen LogP contribution in [0.5, 0.6) is 0 Å². The van der Waals surface area contributed by atoms with E-state index in [0.717, 1.165) is 5.56 Å². The third-order valence-corrected chi connectivity index (χ3v) is 2.51. The molecule has 1 aromatic rings. The van der Waals surface area contributed by atoms with Gasteiger partial charge in [-0.25, -0.2) is 4.79 Å². The van der Waals surface area contributed by atoms with Gasteiger partial charge in [0.25, 0.3) is 0 Å². The minimum atomic E-state index is -0.332. The SMILES string of the molecule is CCOC(=O)C1=NNC[C@@H]1c1ccccc1. The van der Waals surface area contributed by atoms with E-state index in [1.54, 1.807) is 6.92 Å². The maximum Gasteiger partial charge on any atom is 0.355 e. The number of esters is 1. The zero-order valence-electron chi connectivity index (χ0n) is 9.14. The number of hydrazone groups is 1. The fraction of sp³-hybridized carbons (Fsp3) is 0.333. The Morgan fingerprint density at radius 3 is 2.94 bits per heavy atom. The summed E-state index contributed by atoms with van der Waals surface area (Å²) in [5.74, 6) is -0.332. The average Bonchev–Trinajstić information content (AvgIpc) is 2.79. The van der Waals surface area contributed by atoms with Gasteiger partial charge in [-0.05, 0) is 12.5 Å². The highest BCUT2D eigenvalue weighted by Crippen LogP contribution is 2.20. The molecule has 1 N–H and O–H groups in total. The standard InChI is InChI=1S/C12H14N2O2/c1-2-16-12(15)11-10(8-13-14-11)9-6-4-3-5-7-9/h3-7,10,13H,2,8H2,1H3/t10-/m1/s1. The van der Waals surface area contributed by atoms with Gasteiger partial charge in [0.05, 0.1) is 12.5 Å². The van der Waals surface area contributed by atoms with Crippen LogP contribution in [-0.4, -0.2) is 24.8 Å². The minimum Gasteiger partial charge on any atom is -0.461 e. The van der Waals surface area contributed by atoms with Crippen molar-refractivity contribution in [3.8, 4) is 0 Å². The molecule has 0 aromatic heterocycles. The van der Waals surface area contributed by atoms with Crippen LogP contribution in [0.25, 0.3) is 0 Å². The summed E-state index contributed by atoms with van der Waals surface area (Å²) in [4.78, 5) is 11.6. The Bertz CT molecular complexity index is 401. The van der Waals surface area contributed by atoms with E-state index in [-0.39, 0.29) is 11.9 Å². The molecule has 1 aliphatic heterocycles. The molecule has 0 saturated carbocycles. The molecule has 1 aliphatic rings. The number of benzene rings is 1. The van der Waals surface area contributed by atoms with Crippen LogP contribution in [0, 0.1) is 0 Å². The lowest BCUT2D eigenvalue weighted by Gasteiger charge is -2.10. The molecule has 0 radical (unpaired) electrons. The Balaban J connectivity index is 2.18. The quantitative estimate of drug-likeness (QED) is 0.778. The van der Waals surface area contributed by atoms with Gasteiger partial charge in [-0.15, -0.1) is 0 Å². The fourth-order valence-corrected chi connectivity index (χ4v) is 1.75. The molecule has 0 spiro atoms. The van der Waals surface area contributed by atoms with E-state index < -0.39 is 0 Å². The first-order valence-corrected chi connectivity index (χ1v) is 5.35. The second-order valence-corrected chi connectivity index (χ2v) is 3.54. The van der Waals surface area contributed by atoms with Gasteiger partial charge in [-0.3, -0.25) is 0 Å². The van der Waals surface area contributed by atoms with Crippen molar-refractivity contribution in [2.75, 3.05) is 13.2 Å². The third kappa shape index (κ3) is 2.05. The monoisotopic (exact) mass is 218 g/mol. The molecule has 0 bridgehead atoms. The van der Waals surface area contributed by atoms with Crippen molar-refractivity contribution in [3.63, 3.8) is 0 Å². The summed E-state index contributed by atoms with van der Waals surface area (Å²) in [5, 5.41) is 4.00. The van der Waals surface area contributed by atoms with E-state index >= 15 is 0 Å². The average molecular weight is 218 g/mol. The lowest BCUT2D eigenvalue weighted by atomic mass is 9.95. The van der Waals surface area contributed by atoms with Crippen LogP contribution < -0.4 is 5.43 Å². The van der Waals surface area contributed by atoms with E-state index in [1.807, 2.05) is 30.3 Å². The Labute approximate surface area is 94.3 Å². The number of nitrogens with zero attached hydrogens (tertiary/aromatic N) is 1. The normalized spacial score (nSPS) is 18.8. The van der Waals surface area contributed by atoms with Crippen LogP contribution in [0.2, 0.25) is 0 Å². The molecule has 84 valence electrons. The molecule has 2 rings (SSSR count). The van der Waals surface area contributed by atoms with E-state index in [1.165, 1.54) is 0 Å². The van der Waals surface area contributed by atoms with Gasteiger partial charge in [0.1, 0.15) is 0 Å². The molecule has 0 aliphatic carbocycles. The Morgan fingerprint density at radius 1 is 1.50 bits per heavy atom. The molecule has 0 unspecified atom stereocenters. The van der Waals surface area contributed by atoms with Crippen LogP contribution in [0.3, 0.4) is 0 Å². The highest BCUT2D eigenvalue weighted by Gasteiger charge is 2.29. The zero-order chi connectivity index (χ0) is 11.4. The molecule has 0 amide bonds. The summed E-state index contributed by atoms with van der Waals surface area (Å²) in [6.45, 7) is 2.82. The van der Waals surface area contributed by atoms with Gasteiger partial charge in [0.15, 0.2) is 5.71 Å². The highest BCUT2D eigenvalue weighted by atomic mass is 16.5. The van der Waals surface area contributed by atoms with Gasteiger partial charge in [-0.2, -0.15) is 5.10 Å². The predicted octanol–water partition coefficient (Wildman–Crippen LogP) is 1.29. The minimum absolute atomic E-state index is 0.000231. The molecule has 0 saturated heterocycles. The van der Waals surface area contributed by atoms with Crippen molar-refractivity contribution in [1.82, 2.24) is 5.43 Å². The highest BCUT2D eigenvalue weighted by molar-refractivity contribution is 6.39. The van der Waals surface area contributed by atoms with Gasteiger partial charge < -0.3 is 10.2 Å². The van der Waals surface area contributed by atoms with Crippen LogP contribution in [0.4, 0.5) is 0 Å². The van der Waals surface area contributed by atoms with Gasteiger partial charge >= 0.3 is 5.97 Å². The maximum absolute atomic E-state index is 11.6. The van der Waals surface area contributed by atoms with Crippen LogP contribution in [0.15, 0.2) is 35.4 Å². The number of ether oxygens (including phenoxy) is 1. The van der Waals surface area contributed by atoms with Gasteiger partial charge in [-0.1, -0.05) is 30.3 Å². The summed E-state index contributed by atoms with van der Waals surface area (Å²) < 4.78 is 4.97. The van der Waals surface area contributed by atoms with Crippen molar-refractivity contribution < 1.29 is 9.53 Å². The number of carbonyl (C=O) groups excluding carboxylic acids is 1. The summed E-state index contributed by atoms with van der Waals surface area (Å²) in [6.07, 6.45) is 0. The van der Waals surface area contributed by atoms with E-state index in [4.69, 9.17) is 4.74 Å². The summed E-state index contributed by atoms with van der Waals surface area (Å²) in [5.41, 5.74) is 4.40. The number of nitrogens with one attached hydrogen (secondary N) is 1. The van der Waals surface area contributed by atoms with E-state index in [0.29, 0.717) is 18.9 Å². The topological polar surface area (TPSA) is 50.7 Å². The van der Waals surface area contributed by atoms with E-state index in [9.17, 15) is 4.79 Å². The molecule has 0 fully saturated rings. The molecular weight excluding hydrogens is 204 g/mol. The molecular formula is C12H14N2O2. The Kier molecular flexibility index (Phi) is 3.19. The second-order valence-electron chi connectivity index (χ2n) is 3.54. The van der Waals surface area contributed by atoms with Crippen molar-refractivity contribution >= 4 is 11.7 Å². The summed E-state index contributed by atoms with van der Waals surface area (Å²) in [6, 6.07) is 9.85. The van der Waals surface area contributed by atoms with Crippen molar-refractivity contribution in [2.45, 2.75) is 12.8 Å². The lowest BCUT2D eigenvalue weighted by molar-refractivity contribution is -0.135. The van der Waals surface area contributed by atoms with Gasteiger partial charge in [0.2, 0.25) is 0 Å². The number of hydrogen-bond acceptors (Lipinski definition) is 4. The number of rotatable bonds is 3. The first-order valence-electron chi connectivity index (χ1n) is 5.35. The van der Waals surface area contributed by atoms with Gasteiger partial charge in [0, 0.05) is 6.54 Å². The number of hydrogen-bond donors (Lipinski definition) is 1. The van der Waals surface area contributed by atoms with Crippen LogP contribution >= 0.6 is 0 Å².